The number of phenols is 1. The largest absolute Gasteiger partial charge is 0.504 e. The summed E-state index contributed by atoms with van der Waals surface area (Å²) in [7, 11) is 3.93. The Balaban J connectivity index is 1.27. The molecule has 2 aromatic carbocycles. The zero-order chi connectivity index (χ0) is 23.2. The molecule has 5 unspecified atom stereocenters. The summed E-state index contributed by atoms with van der Waals surface area (Å²) < 4.78 is 16.6. The van der Waals surface area contributed by atoms with Crippen molar-refractivity contribution in [3.63, 3.8) is 0 Å². The van der Waals surface area contributed by atoms with Crippen LogP contribution < -0.4 is 14.0 Å². The summed E-state index contributed by atoms with van der Waals surface area (Å²) in [5.41, 5.74) is 3.48. The molecule has 178 valence electrons. The third-order valence-corrected chi connectivity index (χ3v) is 9.54. The van der Waals surface area contributed by atoms with Gasteiger partial charge in [-0.2, -0.15) is 0 Å². The van der Waals surface area contributed by atoms with Gasteiger partial charge in [0.15, 0.2) is 11.5 Å². The highest BCUT2D eigenvalue weighted by molar-refractivity contribution is 7.10. The van der Waals surface area contributed by atoms with Crippen LogP contribution in [-0.4, -0.2) is 18.8 Å². The highest BCUT2D eigenvalue weighted by Crippen LogP contribution is 2.64. The summed E-state index contributed by atoms with van der Waals surface area (Å²) in [6, 6.07) is 12.0. The SMILES string of the molecule is COc1ccc(OCC[C@H]2CCC3C4C(CCC32C)c2ccc(OP)cc2C[C@H]4C)cc1O. The van der Waals surface area contributed by atoms with Gasteiger partial charge < -0.3 is 19.1 Å². The van der Waals surface area contributed by atoms with E-state index in [1.807, 2.05) is 6.07 Å². The summed E-state index contributed by atoms with van der Waals surface area (Å²) in [6.07, 6.45) is 7.50. The quantitative estimate of drug-likeness (QED) is 0.476. The third kappa shape index (κ3) is 3.99. The number of rotatable bonds is 6. The third-order valence-electron chi connectivity index (χ3n) is 9.26. The lowest BCUT2D eigenvalue weighted by atomic mass is 9.51. The summed E-state index contributed by atoms with van der Waals surface area (Å²) in [4.78, 5) is 0. The lowest BCUT2D eigenvalue weighted by Gasteiger charge is -2.53. The van der Waals surface area contributed by atoms with E-state index in [0.29, 0.717) is 41.3 Å². The van der Waals surface area contributed by atoms with Crippen molar-refractivity contribution < 1.29 is 19.1 Å². The van der Waals surface area contributed by atoms with Gasteiger partial charge in [-0.05, 0) is 109 Å². The van der Waals surface area contributed by atoms with E-state index in [1.165, 1.54) is 37.7 Å². The maximum Gasteiger partial charge on any atom is 0.161 e. The molecule has 7 atom stereocenters. The molecule has 0 heterocycles. The standard InChI is InChI=1S/C28H37O4P/c1-17-14-18-15-21(32-33)5-7-22(18)23-10-12-28(2)19(4-8-24(28)27(17)23)11-13-31-20-6-9-26(30-3)25(29)16-20/h5-7,9,15-17,19,23-24,27,29H,4,8,10-14,33H2,1-3H3/t17-,19-,23?,24?,27?,28?/m1/s1. The van der Waals surface area contributed by atoms with Gasteiger partial charge in [0.25, 0.3) is 0 Å². The first-order chi connectivity index (χ1) is 15.9. The molecule has 0 saturated heterocycles. The van der Waals surface area contributed by atoms with Crippen molar-refractivity contribution in [2.75, 3.05) is 13.7 Å². The second-order valence-corrected chi connectivity index (χ2v) is 11.0. The molecule has 3 aliphatic rings. The maximum atomic E-state index is 10.0. The van der Waals surface area contributed by atoms with Gasteiger partial charge in [-0.3, -0.25) is 0 Å². The predicted octanol–water partition coefficient (Wildman–Crippen LogP) is 6.76. The Morgan fingerprint density at radius 3 is 2.67 bits per heavy atom. The molecule has 4 nitrogen and oxygen atoms in total. The molecule has 3 aliphatic carbocycles. The minimum absolute atomic E-state index is 0.129. The van der Waals surface area contributed by atoms with Gasteiger partial charge in [0.05, 0.1) is 23.2 Å². The fourth-order valence-corrected chi connectivity index (χ4v) is 7.84. The van der Waals surface area contributed by atoms with Crippen molar-refractivity contribution in [3.8, 4) is 23.0 Å². The number of benzene rings is 2. The number of aromatic hydroxyl groups is 1. The Hall–Kier alpha value is -1.93. The fourth-order valence-electron chi connectivity index (χ4n) is 7.69. The average molecular weight is 469 g/mol. The zero-order valence-corrected chi connectivity index (χ0v) is 21.2. The van der Waals surface area contributed by atoms with Crippen LogP contribution in [-0.2, 0) is 6.42 Å². The molecule has 33 heavy (non-hydrogen) atoms. The Morgan fingerprint density at radius 2 is 1.91 bits per heavy atom. The first kappa shape index (κ1) is 22.8. The topological polar surface area (TPSA) is 47.9 Å². The van der Waals surface area contributed by atoms with Crippen molar-refractivity contribution in [2.24, 2.45) is 29.1 Å². The van der Waals surface area contributed by atoms with Crippen molar-refractivity contribution in [1.29, 1.82) is 0 Å². The van der Waals surface area contributed by atoms with Crippen LogP contribution >= 0.6 is 9.47 Å². The molecule has 0 bridgehead atoms. The summed E-state index contributed by atoms with van der Waals surface area (Å²) in [5.74, 6) is 5.96. The molecule has 0 aliphatic heterocycles. The van der Waals surface area contributed by atoms with E-state index < -0.39 is 0 Å². The molecule has 0 spiro atoms. The van der Waals surface area contributed by atoms with E-state index in [9.17, 15) is 5.11 Å². The fraction of sp³-hybridized carbons (Fsp3) is 0.571. The van der Waals surface area contributed by atoms with E-state index in [0.717, 1.165) is 24.0 Å². The van der Waals surface area contributed by atoms with Crippen LogP contribution in [0.15, 0.2) is 36.4 Å². The molecule has 5 heteroatoms. The minimum Gasteiger partial charge on any atom is -0.504 e. The molecule has 0 aromatic heterocycles. The van der Waals surface area contributed by atoms with Crippen LogP contribution in [0.3, 0.4) is 0 Å². The van der Waals surface area contributed by atoms with Gasteiger partial charge in [-0.25, -0.2) is 0 Å². The van der Waals surface area contributed by atoms with Gasteiger partial charge >= 0.3 is 0 Å². The second-order valence-electron chi connectivity index (χ2n) is 10.7. The van der Waals surface area contributed by atoms with Crippen LogP contribution in [0.4, 0.5) is 0 Å². The van der Waals surface area contributed by atoms with Crippen molar-refractivity contribution >= 4 is 9.47 Å². The number of phenolic OH excluding ortho intramolecular Hbond substituents is 1. The summed E-state index contributed by atoms with van der Waals surface area (Å²) in [5, 5.41) is 10.0. The van der Waals surface area contributed by atoms with Gasteiger partial charge in [0, 0.05) is 6.07 Å². The van der Waals surface area contributed by atoms with E-state index in [-0.39, 0.29) is 5.75 Å². The Kier molecular flexibility index (Phi) is 6.25. The lowest BCUT2D eigenvalue weighted by molar-refractivity contribution is 0.000926. The van der Waals surface area contributed by atoms with Crippen molar-refractivity contribution in [1.82, 2.24) is 0 Å². The monoisotopic (exact) mass is 468 g/mol. The highest BCUT2D eigenvalue weighted by atomic mass is 31.0. The molecule has 2 saturated carbocycles. The first-order valence-electron chi connectivity index (χ1n) is 12.4. The lowest BCUT2D eigenvalue weighted by Crippen LogP contribution is -2.45. The van der Waals surface area contributed by atoms with Gasteiger partial charge in [0.1, 0.15) is 11.5 Å². The summed E-state index contributed by atoms with van der Waals surface area (Å²) >= 11 is 0. The first-order valence-corrected chi connectivity index (χ1v) is 12.9. The van der Waals surface area contributed by atoms with Crippen LogP contribution in [0.2, 0.25) is 0 Å². The molecule has 2 aromatic rings. The molecule has 5 rings (SSSR count). The van der Waals surface area contributed by atoms with Crippen LogP contribution in [0, 0.1) is 29.1 Å². The number of fused-ring (bicyclic) bond motifs is 5. The Morgan fingerprint density at radius 1 is 1.09 bits per heavy atom. The van der Waals surface area contributed by atoms with Crippen LogP contribution in [0.5, 0.6) is 23.0 Å². The molecule has 2 fully saturated rings. The maximum absolute atomic E-state index is 10.0. The number of methoxy groups -OCH3 is 1. The summed E-state index contributed by atoms with van der Waals surface area (Å²) in [6.45, 7) is 5.74. The van der Waals surface area contributed by atoms with E-state index in [2.05, 4.69) is 41.5 Å². The Bertz CT molecular complexity index is 1010. The van der Waals surface area contributed by atoms with Crippen molar-refractivity contribution in [3.05, 3.63) is 47.5 Å². The molecule has 1 N–H and O–H groups in total. The second kappa shape index (κ2) is 9.02. The number of ether oxygens (including phenoxy) is 2. The van der Waals surface area contributed by atoms with E-state index in [1.54, 1.807) is 24.8 Å². The molecule has 0 radical (unpaired) electrons. The van der Waals surface area contributed by atoms with Gasteiger partial charge in [0.2, 0.25) is 0 Å². The number of hydrogen-bond donors (Lipinski definition) is 1. The normalized spacial score (nSPS) is 32.4. The molecule has 0 amide bonds. The average Bonchev–Trinajstić information content (AvgIpc) is 3.15. The van der Waals surface area contributed by atoms with Gasteiger partial charge in [-0.1, -0.05) is 19.9 Å². The highest BCUT2D eigenvalue weighted by Gasteiger charge is 2.55. The van der Waals surface area contributed by atoms with Crippen molar-refractivity contribution in [2.45, 2.75) is 58.3 Å². The molecular formula is C28H37O4P. The van der Waals surface area contributed by atoms with Crippen LogP contribution in [0.1, 0.15) is 63.0 Å². The molecular weight excluding hydrogens is 431 g/mol. The number of hydrogen-bond acceptors (Lipinski definition) is 4. The van der Waals surface area contributed by atoms with E-state index >= 15 is 0 Å². The zero-order valence-electron chi connectivity index (χ0n) is 20.0. The predicted molar refractivity (Wildman–Crippen MR) is 134 cm³/mol. The Labute approximate surface area is 200 Å². The minimum atomic E-state index is 0.129. The van der Waals surface area contributed by atoms with Crippen LogP contribution in [0.25, 0.3) is 0 Å². The smallest absolute Gasteiger partial charge is 0.161 e. The van der Waals surface area contributed by atoms with E-state index in [4.69, 9.17) is 14.0 Å². The van der Waals surface area contributed by atoms with Gasteiger partial charge in [-0.15, -0.1) is 0 Å².